The first kappa shape index (κ1) is 11.8. The first-order valence-corrected chi connectivity index (χ1v) is 7.06. The van der Waals surface area contributed by atoms with Crippen molar-refractivity contribution in [1.82, 2.24) is 4.90 Å². The van der Waals surface area contributed by atoms with Gasteiger partial charge < -0.3 is 15.1 Å². The van der Waals surface area contributed by atoms with Crippen LogP contribution in [0.15, 0.2) is 18.2 Å². The summed E-state index contributed by atoms with van der Waals surface area (Å²) in [6.07, 6.45) is 2.48. The van der Waals surface area contributed by atoms with Gasteiger partial charge in [0.15, 0.2) is 0 Å². The number of hydrogen-bond acceptors (Lipinski definition) is 3. The largest absolute Gasteiger partial charge is 0.385 e. The molecule has 18 heavy (non-hydrogen) atoms. The minimum Gasteiger partial charge on any atom is -0.385 e. The Labute approximate surface area is 110 Å². The topological polar surface area (TPSA) is 18.5 Å². The molecule has 3 heteroatoms. The third-order valence-electron chi connectivity index (χ3n) is 4.19. The number of anilines is 2. The molecule has 1 unspecified atom stereocenters. The Bertz CT molecular complexity index is 430. The Morgan fingerprint density at radius 1 is 1.28 bits per heavy atom. The van der Waals surface area contributed by atoms with E-state index >= 15 is 0 Å². The standard InChI is InChI=1S/C15H23N3/c1-12-11-17(2)8-9-18(12)14-5-6-15-13(10-14)4-3-7-16-15/h5-6,10,12,16H,3-4,7-9,11H2,1-2H3. The fourth-order valence-electron chi connectivity index (χ4n) is 3.16. The van der Waals surface area contributed by atoms with Crippen molar-refractivity contribution in [3.05, 3.63) is 23.8 Å². The molecule has 2 aliphatic heterocycles. The van der Waals surface area contributed by atoms with Crippen LogP contribution >= 0.6 is 0 Å². The second-order valence-electron chi connectivity index (χ2n) is 5.68. The molecule has 2 aliphatic rings. The number of nitrogens with zero attached hydrogens (tertiary/aromatic N) is 2. The zero-order chi connectivity index (χ0) is 12.5. The van der Waals surface area contributed by atoms with Gasteiger partial charge in [0.05, 0.1) is 0 Å². The highest BCUT2D eigenvalue weighted by Gasteiger charge is 2.22. The highest BCUT2D eigenvalue weighted by atomic mass is 15.3. The summed E-state index contributed by atoms with van der Waals surface area (Å²) in [6, 6.07) is 7.54. The maximum Gasteiger partial charge on any atom is 0.0389 e. The quantitative estimate of drug-likeness (QED) is 0.818. The highest BCUT2D eigenvalue weighted by molar-refractivity contribution is 5.62. The Morgan fingerprint density at radius 3 is 3.00 bits per heavy atom. The number of aryl methyl sites for hydroxylation is 1. The Balaban J connectivity index is 1.83. The molecule has 0 amide bonds. The smallest absolute Gasteiger partial charge is 0.0389 e. The van der Waals surface area contributed by atoms with Crippen molar-refractivity contribution in [2.75, 3.05) is 43.4 Å². The molecule has 0 saturated carbocycles. The molecule has 0 bridgehead atoms. The average molecular weight is 245 g/mol. The van der Waals surface area contributed by atoms with E-state index < -0.39 is 0 Å². The van der Waals surface area contributed by atoms with Crippen LogP contribution in [0.4, 0.5) is 11.4 Å². The maximum atomic E-state index is 3.48. The predicted molar refractivity (Wildman–Crippen MR) is 77.6 cm³/mol. The molecule has 1 aromatic carbocycles. The molecule has 3 nitrogen and oxygen atoms in total. The minimum atomic E-state index is 0.610. The maximum absolute atomic E-state index is 3.48. The van der Waals surface area contributed by atoms with Gasteiger partial charge >= 0.3 is 0 Å². The summed E-state index contributed by atoms with van der Waals surface area (Å²) < 4.78 is 0. The monoisotopic (exact) mass is 245 g/mol. The number of benzene rings is 1. The van der Waals surface area contributed by atoms with Gasteiger partial charge in [0.2, 0.25) is 0 Å². The Hall–Kier alpha value is -1.22. The van der Waals surface area contributed by atoms with Crippen LogP contribution in [0.3, 0.4) is 0 Å². The number of hydrogen-bond donors (Lipinski definition) is 1. The zero-order valence-corrected chi connectivity index (χ0v) is 11.4. The fourth-order valence-corrected chi connectivity index (χ4v) is 3.16. The molecule has 0 aromatic heterocycles. The van der Waals surface area contributed by atoms with Gasteiger partial charge in [-0.3, -0.25) is 0 Å². The molecule has 3 rings (SSSR count). The molecule has 0 spiro atoms. The van der Waals surface area contributed by atoms with Crippen molar-refractivity contribution in [2.45, 2.75) is 25.8 Å². The van der Waals surface area contributed by atoms with Crippen molar-refractivity contribution >= 4 is 11.4 Å². The summed E-state index contributed by atoms with van der Waals surface area (Å²) in [6.45, 7) is 6.92. The van der Waals surface area contributed by atoms with Gasteiger partial charge in [-0.25, -0.2) is 0 Å². The predicted octanol–water partition coefficient (Wildman–Crippen LogP) is 2.19. The van der Waals surface area contributed by atoms with E-state index in [4.69, 9.17) is 0 Å². The van der Waals surface area contributed by atoms with Crippen LogP contribution in [0.2, 0.25) is 0 Å². The first-order chi connectivity index (χ1) is 8.74. The molecule has 1 N–H and O–H groups in total. The van der Waals surface area contributed by atoms with Gasteiger partial charge in [-0.15, -0.1) is 0 Å². The molecule has 98 valence electrons. The molecule has 1 aromatic rings. The van der Waals surface area contributed by atoms with E-state index in [1.54, 1.807) is 0 Å². The van der Waals surface area contributed by atoms with E-state index in [0.29, 0.717) is 6.04 Å². The summed E-state index contributed by atoms with van der Waals surface area (Å²) in [7, 11) is 2.21. The molecule has 1 fully saturated rings. The van der Waals surface area contributed by atoms with E-state index in [9.17, 15) is 0 Å². The van der Waals surface area contributed by atoms with E-state index in [2.05, 4.69) is 47.3 Å². The van der Waals surface area contributed by atoms with Gasteiger partial charge in [0, 0.05) is 43.6 Å². The second-order valence-corrected chi connectivity index (χ2v) is 5.68. The molecule has 2 heterocycles. The van der Waals surface area contributed by atoms with Gasteiger partial charge in [-0.2, -0.15) is 0 Å². The van der Waals surface area contributed by atoms with Crippen LogP contribution in [0, 0.1) is 0 Å². The van der Waals surface area contributed by atoms with E-state index in [-0.39, 0.29) is 0 Å². The minimum absolute atomic E-state index is 0.610. The van der Waals surface area contributed by atoms with Crippen molar-refractivity contribution in [3.63, 3.8) is 0 Å². The fraction of sp³-hybridized carbons (Fsp3) is 0.600. The molecule has 0 aliphatic carbocycles. The van der Waals surface area contributed by atoms with Crippen LogP contribution in [0.5, 0.6) is 0 Å². The molecule has 1 saturated heterocycles. The summed E-state index contributed by atoms with van der Waals surface area (Å²) in [5.41, 5.74) is 4.23. The Morgan fingerprint density at radius 2 is 2.17 bits per heavy atom. The zero-order valence-electron chi connectivity index (χ0n) is 11.4. The van der Waals surface area contributed by atoms with Crippen molar-refractivity contribution in [3.8, 4) is 0 Å². The highest BCUT2D eigenvalue weighted by Crippen LogP contribution is 2.28. The third kappa shape index (κ3) is 2.19. The SMILES string of the molecule is CC1CN(C)CCN1c1ccc2c(c1)CCCN2. The second kappa shape index (κ2) is 4.81. The van der Waals surface area contributed by atoms with Crippen molar-refractivity contribution in [1.29, 1.82) is 0 Å². The lowest BCUT2D eigenvalue weighted by Gasteiger charge is -2.40. The van der Waals surface area contributed by atoms with Gasteiger partial charge in [0.25, 0.3) is 0 Å². The summed E-state index contributed by atoms with van der Waals surface area (Å²) in [5.74, 6) is 0. The lowest BCUT2D eigenvalue weighted by Crippen LogP contribution is -2.50. The van der Waals surface area contributed by atoms with Gasteiger partial charge in [0.1, 0.15) is 0 Å². The van der Waals surface area contributed by atoms with Crippen LogP contribution in [-0.2, 0) is 6.42 Å². The van der Waals surface area contributed by atoms with Crippen LogP contribution in [0.25, 0.3) is 0 Å². The van der Waals surface area contributed by atoms with Crippen molar-refractivity contribution < 1.29 is 0 Å². The number of nitrogens with one attached hydrogen (secondary N) is 1. The summed E-state index contributed by atoms with van der Waals surface area (Å²) in [4.78, 5) is 4.97. The Kier molecular flexibility index (Phi) is 3.16. The van der Waals surface area contributed by atoms with E-state index in [0.717, 1.165) is 19.6 Å². The first-order valence-electron chi connectivity index (χ1n) is 7.06. The number of likely N-dealkylation sites (N-methyl/N-ethyl adjacent to an activating group) is 1. The van der Waals surface area contributed by atoms with Gasteiger partial charge in [-0.1, -0.05) is 0 Å². The van der Waals surface area contributed by atoms with Crippen molar-refractivity contribution in [2.24, 2.45) is 0 Å². The summed E-state index contributed by atoms with van der Waals surface area (Å²) in [5, 5.41) is 3.48. The van der Waals surface area contributed by atoms with E-state index in [1.807, 2.05) is 0 Å². The molecule has 0 radical (unpaired) electrons. The number of rotatable bonds is 1. The lowest BCUT2D eigenvalue weighted by atomic mass is 10.0. The molecular formula is C15H23N3. The third-order valence-corrected chi connectivity index (χ3v) is 4.19. The lowest BCUT2D eigenvalue weighted by molar-refractivity contribution is 0.275. The number of piperazine rings is 1. The van der Waals surface area contributed by atoms with Gasteiger partial charge in [-0.05, 0) is 50.6 Å². The summed E-state index contributed by atoms with van der Waals surface area (Å²) >= 11 is 0. The number of fused-ring (bicyclic) bond motifs is 1. The van der Waals surface area contributed by atoms with E-state index in [1.165, 1.54) is 36.3 Å². The average Bonchev–Trinajstić information content (AvgIpc) is 2.38. The van der Waals surface area contributed by atoms with Crippen LogP contribution in [-0.4, -0.2) is 44.2 Å². The molecule has 1 atom stereocenters. The molecular weight excluding hydrogens is 222 g/mol. The van der Waals surface area contributed by atoms with Crippen LogP contribution in [0.1, 0.15) is 18.9 Å². The normalized spacial score (nSPS) is 24.6. The van der Waals surface area contributed by atoms with Crippen LogP contribution < -0.4 is 10.2 Å².